The second-order valence-corrected chi connectivity index (χ2v) is 6.29. The molecule has 23 heavy (non-hydrogen) atoms. The van der Waals surface area contributed by atoms with Gasteiger partial charge < -0.3 is 9.52 Å². The maximum Gasteiger partial charge on any atom is 0.345 e. The van der Waals surface area contributed by atoms with E-state index in [2.05, 4.69) is 10.3 Å². The van der Waals surface area contributed by atoms with E-state index in [1.165, 1.54) is 18.4 Å². The lowest BCUT2D eigenvalue weighted by Gasteiger charge is -1.97. The van der Waals surface area contributed by atoms with Crippen LogP contribution in [-0.4, -0.2) is 22.0 Å². The Hall–Kier alpha value is -2.96. The summed E-state index contributed by atoms with van der Waals surface area (Å²) in [6, 6.07) is 8.13. The third-order valence-corrected chi connectivity index (χ3v) is 4.69. The lowest BCUT2D eigenvalue weighted by Crippen LogP contribution is -2.09. The number of aromatic nitrogens is 1. The standard InChI is InChI=1S/C14H7N3O4S2/c15-6-10-11(7-2-1-5-21-7)16-14(23-10)17-12(18)8-3-4-9(22-8)13(19)20/h1-5H,(H,19,20)(H,16,17,18). The molecule has 3 rings (SSSR count). The quantitative estimate of drug-likeness (QED) is 0.749. The first kappa shape index (κ1) is 15.0. The lowest BCUT2D eigenvalue weighted by molar-refractivity contribution is 0.0702. The van der Waals surface area contributed by atoms with Gasteiger partial charge in [-0.1, -0.05) is 11.3 Å². The molecule has 0 radical (unpaired) electrons. The van der Waals surface area contributed by atoms with Gasteiger partial charge in [-0.2, -0.15) is 5.26 Å². The summed E-state index contributed by atoms with van der Waals surface area (Å²) < 4.78 is 5.21. The molecule has 0 aliphatic rings. The zero-order chi connectivity index (χ0) is 16.4. The van der Waals surface area contributed by atoms with E-state index in [1.807, 2.05) is 6.07 Å². The van der Waals surface area contributed by atoms with Crippen LogP contribution < -0.4 is 5.32 Å². The number of hydrogen-bond acceptors (Lipinski definition) is 7. The Kier molecular flexibility index (Phi) is 3.92. The summed E-state index contributed by atoms with van der Waals surface area (Å²) in [5.41, 5.74) is 0.357. The molecule has 0 aliphatic carbocycles. The second-order valence-electron chi connectivity index (χ2n) is 4.21. The topological polar surface area (TPSA) is 116 Å². The number of rotatable bonds is 4. The average molecular weight is 345 g/mol. The number of thiophene rings is 1. The molecule has 0 spiro atoms. The number of carbonyl (C=O) groups excluding carboxylic acids is 1. The molecule has 3 heterocycles. The number of nitrogens with one attached hydrogen (secondary N) is 1. The molecule has 9 heteroatoms. The number of nitrogens with zero attached hydrogens (tertiary/aromatic N) is 2. The highest BCUT2D eigenvalue weighted by Crippen LogP contribution is 2.31. The minimum Gasteiger partial charge on any atom is -0.477 e. The number of carboxylic acid groups (broad SMARTS) is 1. The third-order valence-electron chi connectivity index (χ3n) is 2.74. The third kappa shape index (κ3) is 2.98. The number of carbonyl (C=O) groups is 2. The smallest absolute Gasteiger partial charge is 0.345 e. The van der Waals surface area contributed by atoms with Crippen LogP contribution in [0.4, 0.5) is 5.13 Å². The van der Waals surface area contributed by atoms with Gasteiger partial charge in [-0.25, -0.2) is 9.78 Å². The van der Waals surface area contributed by atoms with Crippen LogP contribution in [0.5, 0.6) is 0 Å². The Morgan fingerprint density at radius 3 is 2.65 bits per heavy atom. The molecule has 0 atom stereocenters. The normalized spacial score (nSPS) is 10.2. The van der Waals surface area contributed by atoms with Crippen LogP contribution in [0.15, 0.2) is 34.9 Å². The van der Waals surface area contributed by atoms with Crippen molar-refractivity contribution in [3.05, 3.63) is 45.2 Å². The second kappa shape index (κ2) is 6.04. The van der Waals surface area contributed by atoms with E-state index in [0.29, 0.717) is 16.3 Å². The zero-order valence-corrected chi connectivity index (χ0v) is 12.9. The number of hydrogen-bond donors (Lipinski definition) is 2. The molecule has 3 aromatic rings. The van der Waals surface area contributed by atoms with Crippen LogP contribution in [-0.2, 0) is 0 Å². The molecule has 0 bridgehead atoms. The summed E-state index contributed by atoms with van der Waals surface area (Å²) in [6.45, 7) is 0. The van der Waals surface area contributed by atoms with Crippen molar-refractivity contribution in [2.24, 2.45) is 0 Å². The van der Waals surface area contributed by atoms with Crippen molar-refractivity contribution in [1.82, 2.24) is 4.98 Å². The van der Waals surface area contributed by atoms with Crippen molar-refractivity contribution in [2.75, 3.05) is 5.32 Å². The van der Waals surface area contributed by atoms with Gasteiger partial charge in [-0.3, -0.25) is 10.1 Å². The summed E-state index contributed by atoms with van der Waals surface area (Å²) in [4.78, 5) is 27.8. The fourth-order valence-corrected chi connectivity index (χ4v) is 3.27. The van der Waals surface area contributed by atoms with Gasteiger partial charge in [0.2, 0.25) is 0 Å². The lowest BCUT2D eigenvalue weighted by atomic mass is 10.3. The van der Waals surface area contributed by atoms with Gasteiger partial charge in [0.1, 0.15) is 21.5 Å². The van der Waals surface area contributed by atoms with Gasteiger partial charge >= 0.3 is 5.97 Å². The zero-order valence-electron chi connectivity index (χ0n) is 11.3. The SMILES string of the molecule is N#Cc1sc(NC(=O)c2ccc(C(=O)O)s2)nc1-c1ccco1. The highest BCUT2D eigenvalue weighted by molar-refractivity contribution is 7.17. The molecule has 0 fully saturated rings. The molecular weight excluding hydrogens is 338 g/mol. The fourth-order valence-electron chi connectivity index (χ4n) is 1.76. The Labute approximate surface area is 137 Å². The summed E-state index contributed by atoms with van der Waals surface area (Å²) >= 11 is 1.88. The predicted octanol–water partition coefficient (Wildman–Crippen LogP) is 3.29. The van der Waals surface area contributed by atoms with Gasteiger partial charge in [0.15, 0.2) is 10.9 Å². The first-order chi connectivity index (χ1) is 11.1. The molecule has 2 N–H and O–H groups in total. The van der Waals surface area contributed by atoms with Crippen LogP contribution in [0.2, 0.25) is 0 Å². The van der Waals surface area contributed by atoms with E-state index < -0.39 is 11.9 Å². The average Bonchev–Trinajstić information content (AvgIpc) is 3.26. The molecule has 0 saturated carbocycles. The van der Waals surface area contributed by atoms with E-state index in [9.17, 15) is 9.59 Å². The monoisotopic (exact) mass is 345 g/mol. The maximum absolute atomic E-state index is 12.1. The molecule has 114 valence electrons. The first-order valence-corrected chi connectivity index (χ1v) is 7.81. The van der Waals surface area contributed by atoms with Crippen LogP contribution in [0.1, 0.15) is 24.2 Å². The van der Waals surface area contributed by atoms with Crippen molar-refractivity contribution in [3.8, 4) is 17.5 Å². The molecule has 0 unspecified atom stereocenters. The van der Waals surface area contributed by atoms with Crippen molar-refractivity contribution in [3.63, 3.8) is 0 Å². The number of furan rings is 1. The predicted molar refractivity (Wildman–Crippen MR) is 83.8 cm³/mol. The fraction of sp³-hybridized carbons (Fsp3) is 0. The highest BCUT2D eigenvalue weighted by atomic mass is 32.1. The Balaban J connectivity index is 1.84. The summed E-state index contributed by atoms with van der Waals surface area (Å²) in [6.07, 6.45) is 1.47. The van der Waals surface area contributed by atoms with Gasteiger partial charge in [-0.15, -0.1) is 11.3 Å². The van der Waals surface area contributed by atoms with Crippen LogP contribution >= 0.6 is 22.7 Å². The molecule has 3 aromatic heterocycles. The molecule has 0 aliphatic heterocycles. The molecular formula is C14H7N3O4S2. The number of anilines is 1. The van der Waals surface area contributed by atoms with Gasteiger partial charge in [0.05, 0.1) is 11.1 Å². The van der Waals surface area contributed by atoms with E-state index in [-0.39, 0.29) is 14.9 Å². The van der Waals surface area contributed by atoms with E-state index in [0.717, 1.165) is 22.7 Å². The summed E-state index contributed by atoms with van der Waals surface area (Å²) in [5, 5.41) is 20.8. The van der Waals surface area contributed by atoms with E-state index in [4.69, 9.17) is 14.8 Å². The van der Waals surface area contributed by atoms with Crippen molar-refractivity contribution in [1.29, 1.82) is 5.26 Å². The molecule has 0 aromatic carbocycles. The number of amides is 1. The Morgan fingerprint density at radius 2 is 2.04 bits per heavy atom. The minimum atomic E-state index is -1.09. The van der Waals surface area contributed by atoms with Gasteiger partial charge in [-0.05, 0) is 24.3 Å². The van der Waals surface area contributed by atoms with Crippen LogP contribution in [0, 0.1) is 11.3 Å². The van der Waals surface area contributed by atoms with E-state index >= 15 is 0 Å². The summed E-state index contributed by atoms with van der Waals surface area (Å²) in [5.74, 6) is -1.13. The van der Waals surface area contributed by atoms with Gasteiger partial charge in [0, 0.05) is 0 Å². The van der Waals surface area contributed by atoms with Crippen LogP contribution in [0.3, 0.4) is 0 Å². The maximum atomic E-state index is 12.1. The van der Waals surface area contributed by atoms with Crippen molar-refractivity contribution < 1.29 is 19.1 Å². The van der Waals surface area contributed by atoms with E-state index in [1.54, 1.807) is 12.1 Å². The molecule has 7 nitrogen and oxygen atoms in total. The Morgan fingerprint density at radius 1 is 1.26 bits per heavy atom. The number of aromatic carboxylic acids is 1. The van der Waals surface area contributed by atoms with Gasteiger partial charge in [0.25, 0.3) is 5.91 Å². The van der Waals surface area contributed by atoms with Crippen LogP contribution in [0.25, 0.3) is 11.5 Å². The van der Waals surface area contributed by atoms with Crippen molar-refractivity contribution >= 4 is 39.7 Å². The highest BCUT2D eigenvalue weighted by Gasteiger charge is 2.18. The minimum absolute atomic E-state index is 0.0725. The number of thiazole rings is 1. The first-order valence-electron chi connectivity index (χ1n) is 6.18. The Bertz CT molecular complexity index is 918. The molecule has 0 saturated heterocycles. The van der Waals surface area contributed by atoms with Crippen molar-refractivity contribution in [2.45, 2.75) is 0 Å². The number of nitriles is 1. The summed E-state index contributed by atoms with van der Waals surface area (Å²) in [7, 11) is 0. The molecule has 1 amide bonds. The largest absolute Gasteiger partial charge is 0.477 e. The number of carboxylic acids is 1.